The third-order valence-corrected chi connectivity index (χ3v) is 4.62. The Morgan fingerprint density at radius 1 is 0.846 bits per heavy atom. The summed E-state index contributed by atoms with van der Waals surface area (Å²) in [5.41, 5.74) is 1.58. The molecule has 0 saturated carbocycles. The highest BCUT2D eigenvalue weighted by Gasteiger charge is 2.49. The number of rotatable bonds is 5. The minimum atomic E-state index is -1.10. The summed E-state index contributed by atoms with van der Waals surface area (Å²) < 4.78 is 11.5. The van der Waals surface area contributed by atoms with Crippen molar-refractivity contribution in [3.63, 3.8) is 0 Å². The maximum absolute atomic E-state index is 13.0. The van der Waals surface area contributed by atoms with E-state index in [-0.39, 0.29) is 5.91 Å². The van der Waals surface area contributed by atoms with Gasteiger partial charge in [0.25, 0.3) is 5.91 Å². The molecule has 3 aromatic rings. The number of fused-ring (bicyclic) bond motifs is 1. The van der Waals surface area contributed by atoms with E-state index in [0.717, 1.165) is 22.6 Å². The first kappa shape index (κ1) is 16.2. The van der Waals surface area contributed by atoms with E-state index in [4.69, 9.17) is 9.47 Å². The number of benzene rings is 3. The Bertz CT molecular complexity index is 922. The molecule has 1 N–H and O–H groups in total. The molecule has 4 rings (SSSR count). The summed E-state index contributed by atoms with van der Waals surface area (Å²) in [5.74, 6) is 1.21. The summed E-state index contributed by atoms with van der Waals surface area (Å²) >= 11 is 0. The topological polar surface area (TPSA) is 47.6 Å². The molecular weight excluding hydrogens is 326 g/mol. The first-order chi connectivity index (χ1) is 12.7. The van der Waals surface area contributed by atoms with Gasteiger partial charge in [-0.15, -0.1) is 0 Å². The van der Waals surface area contributed by atoms with Gasteiger partial charge in [-0.2, -0.15) is 0 Å². The molecule has 1 aliphatic rings. The van der Waals surface area contributed by atoms with Crippen LogP contribution in [0.3, 0.4) is 0 Å². The fraction of sp³-hybridized carbons (Fsp3) is 0.136. The molecular formula is C22H19NO3. The highest BCUT2D eigenvalue weighted by Crippen LogP contribution is 2.42. The second kappa shape index (κ2) is 6.56. The molecule has 0 radical (unpaired) electrons. The fourth-order valence-electron chi connectivity index (χ4n) is 3.33. The molecule has 3 aromatic carbocycles. The standard InChI is InChI=1S/C22H19NO3/c1-25-17-11-13-18(14-12-17)26-22(15-16-7-3-2-4-8-16)19-9-5-6-10-20(19)23-21(22)24/h2-14H,15H2,1H3,(H,23,24)/t22-/m1/s1. The summed E-state index contributed by atoms with van der Waals surface area (Å²) in [5, 5.41) is 2.96. The Balaban J connectivity index is 1.78. The average Bonchev–Trinajstić information content (AvgIpc) is 2.95. The van der Waals surface area contributed by atoms with Crippen LogP contribution in [0.2, 0.25) is 0 Å². The second-order valence-corrected chi connectivity index (χ2v) is 6.27. The smallest absolute Gasteiger partial charge is 0.273 e. The van der Waals surface area contributed by atoms with E-state index < -0.39 is 5.60 Å². The molecule has 1 aliphatic heterocycles. The van der Waals surface area contributed by atoms with E-state index in [1.165, 1.54) is 0 Å². The van der Waals surface area contributed by atoms with Crippen LogP contribution >= 0.6 is 0 Å². The average molecular weight is 345 g/mol. The highest BCUT2D eigenvalue weighted by molar-refractivity contribution is 6.05. The summed E-state index contributed by atoms with van der Waals surface area (Å²) in [6.07, 6.45) is 0.447. The largest absolute Gasteiger partial charge is 0.497 e. The lowest BCUT2D eigenvalue weighted by atomic mass is 9.88. The number of para-hydroxylation sites is 1. The van der Waals surface area contributed by atoms with Crippen LogP contribution in [0.15, 0.2) is 78.9 Å². The van der Waals surface area contributed by atoms with E-state index in [2.05, 4.69) is 5.32 Å². The van der Waals surface area contributed by atoms with Crippen molar-refractivity contribution >= 4 is 11.6 Å². The molecule has 4 heteroatoms. The van der Waals surface area contributed by atoms with Crippen LogP contribution in [0.4, 0.5) is 5.69 Å². The molecule has 0 unspecified atom stereocenters. The molecule has 0 saturated heterocycles. The zero-order valence-corrected chi connectivity index (χ0v) is 14.4. The minimum Gasteiger partial charge on any atom is -0.497 e. The van der Waals surface area contributed by atoms with Gasteiger partial charge in [0.05, 0.1) is 7.11 Å². The van der Waals surface area contributed by atoms with E-state index in [1.807, 2.05) is 78.9 Å². The Kier molecular flexibility index (Phi) is 4.09. The van der Waals surface area contributed by atoms with Crippen molar-refractivity contribution in [2.45, 2.75) is 12.0 Å². The van der Waals surface area contributed by atoms with Gasteiger partial charge < -0.3 is 14.8 Å². The number of carbonyl (C=O) groups is 1. The van der Waals surface area contributed by atoms with Gasteiger partial charge in [0.2, 0.25) is 5.60 Å². The van der Waals surface area contributed by atoms with Crippen molar-refractivity contribution in [3.05, 3.63) is 90.0 Å². The first-order valence-corrected chi connectivity index (χ1v) is 8.49. The van der Waals surface area contributed by atoms with Gasteiger partial charge >= 0.3 is 0 Å². The molecule has 0 fully saturated rings. The minimum absolute atomic E-state index is 0.154. The van der Waals surface area contributed by atoms with Gasteiger partial charge in [0.15, 0.2) is 0 Å². The zero-order chi connectivity index (χ0) is 18.0. The van der Waals surface area contributed by atoms with Gasteiger partial charge in [-0.05, 0) is 35.9 Å². The molecule has 0 spiro atoms. The van der Waals surface area contributed by atoms with Crippen LogP contribution in [0.5, 0.6) is 11.5 Å². The van der Waals surface area contributed by atoms with Crippen LogP contribution in [0, 0.1) is 0 Å². The van der Waals surface area contributed by atoms with Gasteiger partial charge in [-0.1, -0.05) is 48.5 Å². The quantitative estimate of drug-likeness (QED) is 0.755. The van der Waals surface area contributed by atoms with Crippen molar-refractivity contribution in [3.8, 4) is 11.5 Å². The van der Waals surface area contributed by atoms with Crippen molar-refractivity contribution in [2.75, 3.05) is 12.4 Å². The number of nitrogens with one attached hydrogen (secondary N) is 1. The van der Waals surface area contributed by atoms with Crippen molar-refractivity contribution < 1.29 is 14.3 Å². The van der Waals surface area contributed by atoms with Crippen molar-refractivity contribution in [2.24, 2.45) is 0 Å². The predicted octanol–water partition coefficient (Wildman–Crippen LogP) is 4.16. The lowest BCUT2D eigenvalue weighted by Gasteiger charge is -2.29. The number of anilines is 1. The second-order valence-electron chi connectivity index (χ2n) is 6.27. The number of methoxy groups -OCH3 is 1. The van der Waals surface area contributed by atoms with Crippen LogP contribution in [-0.2, 0) is 16.8 Å². The number of ether oxygens (including phenoxy) is 2. The van der Waals surface area contributed by atoms with Crippen LogP contribution in [0.1, 0.15) is 11.1 Å². The molecule has 4 nitrogen and oxygen atoms in total. The van der Waals surface area contributed by atoms with Gasteiger partial charge in [0, 0.05) is 17.7 Å². The molecule has 1 atom stereocenters. The van der Waals surface area contributed by atoms with E-state index in [1.54, 1.807) is 7.11 Å². The van der Waals surface area contributed by atoms with Gasteiger partial charge in [0.1, 0.15) is 11.5 Å². The summed E-state index contributed by atoms with van der Waals surface area (Å²) in [6, 6.07) is 24.9. The maximum atomic E-state index is 13.0. The van der Waals surface area contributed by atoms with Crippen LogP contribution in [-0.4, -0.2) is 13.0 Å². The molecule has 1 amide bonds. The lowest BCUT2D eigenvalue weighted by Crippen LogP contribution is -2.42. The summed E-state index contributed by atoms with van der Waals surface area (Å²) in [6.45, 7) is 0. The Labute approximate surface area is 152 Å². The molecule has 0 aromatic heterocycles. The highest BCUT2D eigenvalue weighted by atomic mass is 16.5. The monoisotopic (exact) mass is 345 g/mol. The molecule has 130 valence electrons. The summed E-state index contributed by atoms with van der Waals surface area (Å²) in [4.78, 5) is 13.0. The SMILES string of the molecule is COc1ccc(O[C@@]2(Cc3ccccc3)C(=O)Nc3ccccc32)cc1. The Morgan fingerprint density at radius 2 is 1.50 bits per heavy atom. The maximum Gasteiger partial charge on any atom is 0.273 e. The third kappa shape index (κ3) is 2.80. The van der Waals surface area contributed by atoms with Crippen molar-refractivity contribution in [1.29, 1.82) is 0 Å². The van der Waals surface area contributed by atoms with Crippen LogP contribution < -0.4 is 14.8 Å². The van der Waals surface area contributed by atoms with Gasteiger partial charge in [-0.25, -0.2) is 0 Å². The molecule has 1 heterocycles. The Hall–Kier alpha value is -3.27. The predicted molar refractivity (Wildman–Crippen MR) is 101 cm³/mol. The molecule has 0 bridgehead atoms. The normalized spacial score (nSPS) is 18.1. The Morgan fingerprint density at radius 3 is 2.23 bits per heavy atom. The number of amides is 1. The van der Waals surface area contributed by atoms with Crippen molar-refractivity contribution in [1.82, 2.24) is 0 Å². The fourth-order valence-corrected chi connectivity index (χ4v) is 3.33. The number of carbonyl (C=O) groups excluding carboxylic acids is 1. The van der Waals surface area contributed by atoms with E-state index >= 15 is 0 Å². The molecule has 0 aliphatic carbocycles. The summed E-state index contributed by atoms with van der Waals surface area (Å²) in [7, 11) is 1.62. The number of hydrogen-bond donors (Lipinski definition) is 1. The number of hydrogen-bond acceptors (Lipinski definition) is 3. The lowest BCUT2D eigenvalue weighted by molar-refractivity contribution is -0.130. The molecule has 26 heavy (non-hydrogen) atoms. The first-order valence-electron chi connectivity index (χ1n) is 8.49. The van der Waals surface area contributed by atoms with Gasteiger partial charge in [-0.3, -0.25) is 4.79 Å². The third-order valence-electron chi connectivity index (χ3n) is 4.62. The zero-order valence-electron chi connectivity index (χ0n) is 14.4. The van der Waals surface area contributed by atoms with E-state index in [0.29, 0.717) is 12.2 Å². The van der Waals surface area contributed by atoms with Crippen LogP contribution in [0.25, 0.3) is 0 Å². The van der Waals surface area contributed by atoms with E-state index in [9.17, 15) is 4.79 Å².